The van der Waals surface area contributed by atoms with Crippen LogP contribution in [-0.4, -0.2) is 12.4 Å². The molecule has 0 aliphatic rings. The maximum atomic E-state index is 4.96. The summed E-state index contributed by atoms with van der Waals surface area (Å²) in [5.41, 5.74) is 13.2. The first-order chi connectivity index (χ1) is 20.7. The minimum Gasteiger partial charge on any atom is -0.256 e. The van der Waals surface area contributed by atoms with Crippen LogP contribution in [0.4, 0.5) is 11.4 Å². The van der Waals surface area contributed by atoms with Crippen LogP contribution in [0.3, 0.4) is 0 Å². The van der Waals surface area contributed by atoms with Gasteiger partial charge in [0.05, 0.1) is 11.4 Å². The van der Waals surface area contributed by atoms with E-state index in [4.69, 9.17) is 9.98 Å². The predicted octanol–water partition coefficient (Wildman–Crippen LogP) is 10.8. The Hall–Kier alpha value is -5.34. The van der Waals surface area contributed by atoms with Crippen molar-refractivity contribution < 1.29 is 0 Å². The van der Waals surface area contributed by atoms with E-state index in [1.165, 1.54) is 22.3 Å². The van der Waals surface area contributed by atoms with Crippen LogP contribution in [0, 0.1) is 13.8 Å². The molecule has 0 aliphatic carbocycles. The van der Waals surface area contributed by atoms with Gasteiger partial charge in [-0.3, -0.25) is 9.98 Å². The second-order valence-corrected chi connectivity index (χ2v) is 10.4. The number of hydrogen-bond donors (Lipinski definition) is 0. The monoisotopic (exact) mass is 540 g/mol. The van der Waals surface area contributed by atoms with Crippen molar-refractivity contribution in [3.8, 4) is 33.4 Å². The Morgan fingerprint density at radius 1 is 0.381 bits per heavy atom. The second-order valence-electron chi connectivity index (χ2n) is 10.4. The summed E-state index contributed by atoms with van der Waals surface area (Å²) >= 11 is 0. The van der Waals surface area contributed by atoms with Gasteiger partial charge in [0, 0.05) is 12.4 Å². The molecule has 0 N–H and O–H groups in total. The van der Waals surface area contributed by atoms with Gasteiger partial charge in [0.2, 0.25) is 0 Å². The fraction of sp³-hybridized carbons (Fsp3) is 0.0500. The smallest absolute Gasteiger partial charge is 0.0665 e. The van der Waals surface area contributed by atoms with Gasteiger partial charge < -0.3 is 0 Å². The van der Waals surface area contributed by atoms with Crippen LogP contribution in [0.5, 0.6) is 0 Å². The maximum Gasteiger partial charge on any atom is 0.0665 e. The van der Waals surface area contributed by atoms with Gasteiger partial charge >= 0.3 is 0 Å². The first-order valence-corrected chi connectivity index (χ1v) is 14.2. The average molecular weight is 541 g/mol. The van der Waals surface area contributed by atoms with Gasteiger partial charge in [-0.25, -0.2) is 0 Å². The van der Waals surface area contributed by atoms with Gasteiger partial charge in [-0.15, -0.1) is 0 Å². The topological polar surface area (TPSA) is 24.7 Å². The Morgan fingerprint density at radius 2 is 0.714 bits per heavy atom. The zero-order chi connectivity index (χ0) is 28.7. The number of aryl methyl sites for hydroxylation is 2. The van der Waals surface area contributed by atoms with Gasteiger partial charge in [-0.1, -0.05) is 121 Å². The van der Waals surface area contributed by atoms with Crippen LogP contribution in [0.25, 0.3) is 33.4 Å². The van der Waals surface area contributed by atoms with E-state index in [1.807, 2.05) is 48.8 Å². The predicted molar refractivity (Wildman–Crippen MR) is 180 cm³/mol. The fourth-order valence-electron chi connectivity index (χ4n) is 5.20. The van der Waals surface area contributed by atoms with Crippen molar-refractivity contribution >= 4 is 23.8 Å². The molecule has 42 heavy (non-hydrogen) atoms. The van der Waals surface area contributed by atoms with E-state index in [0.29, 0.717) is 0 Å². The lowest BCUT2D eigenvalue weighted by Crippen LogP contribution is -1.93. The third-order valence-corrected chi connectivity index (χ3v) is 7.44. The van der Waals surface area contributed by atoms with E-state index in [-0.39, 0.29) is 0 Å². The number of aliphatic imine (C=N–C) groups is 2. The Kier molecular flexibility index (Phi) is 7.96. The zero-order valence-electron chi connectivity index (χ0n) is 23.9. The molecule has 2 nitrogen and oxygen atoms in total. The van der Waals surface area contributed by atoms with E-state index in [9.17, 15) is 0 Å². The fourth-order valence-corrected chi connectivity index (χ4v) is 5.20. The summed E-state index contributed by atoms with van der Waals surface area (Å²) in [6.07, 6.45) is 3.88. The molecule has 2 heteroatoms. The molecule has 0 heterocycles. The normalized spacial score (nSPS) is 11.4. The molecule has 0 aliphatic heterocycles. The molecule has 0 unspecified atom stereocenters. The number of hydrogen-bond acceptors (Lipinski definition) is 2. The van der Waals surface area contributed by atoms with Gasteiger partial charge in [0.1, 0.15) is 0 Å². The maximum absolute atomic E-state index is 4.96. The van der Waals surface area contributed by atoms with Crippen molar-refractivity contribution in [2.24, 2.45) is 9.98 Å². The SMILES string of the molecule is Cc1cc(-c2ccccc2)c(-c2cc(/N=C/c3ccccc3)c(C)cc2-c2ccccc2)cc1/N=C/c1ccccc1. The van der Waals surface area contributed by atoms with Crippen LogP contribution >= 0.6 is 0 Å². The highest BCUT2D eigenvalue weighted by Crippen LogP contribution is 2.43. The summed E-state index contributed by atoms with van der Waals surface area (Å²) in [7, 11) is 0. The number of nitrogens with zero attached hydrogens (tertiary/aromatic N) is 2. The van der Waals surface area contributed by atoms with E-state index >= 15 is 0 Å². The molecule has 0 aromatic heterocycles. The molecule has 0 fully saturated rings. The lowest BCUT2D eigenvalue weighted by Gasteiger charge is -2.19. The lowest BCUT2D eigenvalue weighted by atomic mass is 9.86. The van der Waals surface area contributed by atoms with Gasteiger partial charge in [0.25, 0.3) is 0 Å². The van der Waals surface area contributed by atoms with Crippen molar-refractivity contribution in [3.63, 3.8) is 0 Å². The molecule has 0 amide bonds. The highest BCUT2D eigenvalue weighted by Gasteiger charge is 2.17. The van der Waals surface area contributed by atoms with E-state index in [0.717, 1.165) is 44.8 Å². The molecular formula is C40H32N2. The largest absolute Gasteiger partial charge is 0.256 e. The average Bonchev–Trinajstić information content (AvgIpc) is 3.05. The first kappa shape index (κ1) is 26.9. The highest BCUT2D eigenvalue weighted by molar-refractivity contribution is 5.96. The minimum atomic E-state index is 0.947. The summed E-state index contributed by atoms with van der Waals surface area (Å²) in [6, 6.07) is 50.7. The number of benzene rings is 6. The van der Waals surface area contributed by atoms with Crippen LogP contribution in [0.2, 0.25) is 0 Å². The standard InChI is InChI=1S/C40H32N2/c1-29-23-35(33-19-11-5-12-20-33)37(25-39(29)41-27-31-15-7-3-8-16-31)38-26-40(42-28-32-17-9-4-10-18-32)30(2)24-36(38)34-21-13-6-14-22-34/h3-28H,1-2H3/b41-27+,42-28+. The van der Waals surface area contributed by atoms with E-state index in [1.54, 1.807) is 0 Å². The minimum absolute atomic E-state index is 0.947. The quantitative estimate of drug-likeness (QED) is 0.180. The molecule has 0 saturated heterocycles. The summed E-state index contributed by atoms with van der Waals surface area (Å²) in [4.78, 5) is 9.92. The molecule has 0 radical (unpaired) electrons. The first-order valence-electron chi connectivity index (χ1n) is 14.2. The summed E-state index contributed by atoms with van der Waals surface area (Å²) in [5.74, 6) is 0. The Labute approximate surface area is 248 Å². The third kappa shape index (κ3) is 6.04. The van der Waals surface area contributed by atoms with E-state index < -0.39 is 0 Å². The van der Waals surface area contributed by atoms with Crippen molar-refractivity contribution in [1.82, 2.24) is 0 Å². The Morgan fingerprint density at radius 3 is 1.07 bits per heavy atom. The highest BCUT2D eigenvalue weighted by atomic mass is 14.7. The van der Waals surface area contributed by atoms with Crippen LogP contribution < -0.4 is 0 Å². The van der Waals surface area contributed by atoms with E-state index in [2.05, 4.69) is 123 Å². The Bertz CT molecular complexity index is 1710. The lowest BCUT2D eigenvalue weighted by molar-refractivity contribution is 1.38. The summed E-state index contributed by atoms with van der Waals surface area (Å²) in [6.45, 7) is 4.27. The molecule has 0 atom stereocenters. The second kappa shape index (κ2) is 12.4. The molecule has 202 valence electrons. The molecule has 6 aromatic carbocycles. The zero-order valence-corrected chi connectivity index (χ0v) is 23.9. The summed E-state index contributed by atoms with van der Waals surface area (Å²) in [5, 5.41) is 0. The molecule has 0 bridgehead atoms. The van der Waals surface area contributed by atoms with Gasteiger partial charge in [0.15, 0.2) is 0 Å². The molecule has 0 saturated carbocycles. The van der Waals surface area contributed by atoms with Crippen LogP contribution in [0.15, 0.2) is 156 Å². The molecule has 6 rings (SSSR count). The van der Waals surface area contributed by atoms with Gasteiger partial charge in [-0.2, -0.15) is 0 Å². The van der Waals surface area contributed by atoms with Gasteiger partial charge in [-0.05, 0) is 93.7 Å². The molecule has 6 aromatic rings. The van der Waals surface area contributed by atoms with Crippen molar-refractivity contribution in [3.05, 3.63) is 168 Å². The van der Waals surface area contributed by atoms with Crippen LogP contribution in [-0.2, 0) is 0 Å². The molecular weight excluding hydrogens is 508 g/mol. The van der Waals surface area contributed by atoms with Crippen LogP contribution in [0.1, 0.15) is 22.3 Å². The van der Waals surface area contributed by atoms with Crippen molar-refractivity contribution in [2.45, 2.75) is 13.8 Å². The van der Waals surface area contributed by atoms with Crippen molar-refractivity contribution in [2.75, 3.05) is 0 Å². The molecule has 0 spiro atoms. The summed E-state index contributed by atoms with van der Waals surface area (Å²) < 4.78 is 0. The van der Waals surface area contributed by atoms with Crippen molar-refractivity contribution in [1.29, 1.82) is 0 Å². The Balaban J connectivity index is 1.58. The third-order valence-electron chi connectivity index (χ3n) is 7.44. The number of rotatable bonds is 7.